The summed E-state index contributed by atoms with van der Waals surface area (Å²) in [6, 6.07) is 6.93. The zero-order valence-electron chi connectivity index (χ0n) is 12.9. The van der Waals surface area contributed by atoms with E-state index in [1.807, 2.05) is 6.07 Å². The second kappa shape index (κ2) is 5.83. The molecule has 1 aromatic carbocycles. The average Bonchev–Trinajstić information content (AvgIpc) is 2.50. The van der Waals surface area contributed by atoms with Crippen LogP contribution in [0, 0.1) is 18.7 Å². The van der Waals surface area contributed by atoms with Crippen molar-refractivity contribution in [2.45, 2.75) is 26.7 Å². The fourth-order valence-corrected chi connectivity index (χ4v) is 2.80. The first-order valence-corrected chi connectivity index (χ1v) is 7.32. The number of aromatic nitrogens is 2. The molecule has 1 aliphatic rings. The van der Waals surface area contributed by atoms with E-state index in [9.17, 15) is 4.39 Å². The maximum atomic E-state index is 13.4. The smallest absolute Gasteiger partial charge is 0.126 e. The Morgan fingerprint density at radius 1 is 1.23 bits per heavy atom. The Hall–Kier alpha value is -2.30. The molecule has 0 fully saturated rings. The highest BCUT2D eigenvalue weighted by Crippen LogP contribution is 2.28. The number of rotatable bonds is 2. The van der Waals surface area contributed by atoms with Gasteiger partial charge in [-0.1, -0.05) is 12.1 Å². The van der Waals surface area contributed by atoms with Gasteiger partial charge in [0.2, 0.25) is 0 Å². The van der Waals surface area contributed by atoms with Crippen LogP contribution in [0.1, 0.15) is 30.2 Å². The van der Waals surface area contributed by atoms with Crippen LogP contribution in [0.2, 0.25) is 0 Å². The zero-order chi connectivity index (χ0) is 15.7. The molecule has 0 bridgehead atoms. The van der Waals surface area contributed by atoms with Gasteiger partial charge in [0.1, 0.15) is 12.9 Å². The first-order chi connectivity index (χ1) is 10.6. The molecule has 3 rings (SSSR count). The van der Waals surface area contributed by atoms with Crippen LogP contribution in [0.3, 0.4) is 0 Å². The van der Waals surface area contributed by atoms with Crippen molar-refractivity contribution in [1.29, 1.82) is 0 Å². The van der Waals surface area contributed by atoms with Crippen LogP contribution >= 0.6 is 0 Å². The van der Waals surface area contributed by atoms with Gasteiger partial charge in [0.25, 0.3) is 0 Å². The van der Waals surface area contributed by atoms with Gasteiger partial charge in [0, 0.05) is 11.1 Å². The van der Waals surface area contributed by atoms with Gasteiger partial charge < -0.3 is 4.84 Å². The fourth-order valence-electron chi connectivity index (χ4n) is 2.80. The molecule has 1 aliphatic carbocycles. The Morgan fingerprint density at radius 3 is 2.77 bits per heavy atom. The second-order valence-corrected chi connectivity index (χ2v) is 5.79. The summed E-state index contributed by atoms with van der Waals surface area (Å²) >= 11 is 0. The third kappa shape index (κ3) is 2.71. The van der Waals surface area contributed by atoms with Crippen LogP contribution in [0.15, 0.2) is 29.4 Å². The molecule has 2 aromatic rings. The highest BCUT2D eigenvalue weighted by molar-refractivity contribution is 6.02. The van der Waals surface area contributed by atoms with Crippen LogP contribution in [0.25, 0.3) is 11.3 Å². The van der Waals surface area contributed by atoms with E-state index in [1.165, 1.54) is 6.07 Å². The van der Waals surface area contributed by atoms with Crippen LogP contribution in [-0.4, -0.2) is 23.0 Å². The maximum absolute atomic E-state index is 13.4. The molecule has 0 amide bonds. The summed E-state index contributed by atoms with van der Waals surface area (Å²) in [5, 5.41) is 12.8. The lowest BCUT2D eigenvalue weighted by molar-refractivity contribution is 0.212. The molecule has 0 saturated heterocycles. The third-order valence-electron chi connectivity index (χ3n) is 3.92. The molecule has 0 saturated carbocycles. The van der Waals surface area contributed by atoms with E-state index >= 15 is 0 Å². The highest BCUT2D eigenvalue weighted by atomic mass is 19.1. The third-order valence-corrected chi connectivity index (χ3v) is 3.92. The molecule has 0 spiro atoms. The van der Waals surface area contributed by atoms with Gasteiger partial charge >= 0.3 is 0 Å². The van der Waals surface area contributed by atoms with Crippen molar-refractivity contribution in [3.05, 3.63) is 46.9 Å². The molecule has 0 aliphatic heterocycles. The lowest BCUT2D eigenvalue weighted by Gasteiger charge is -2.21. The van der Waals surface area contributed by atoms with E-state index in [1.54, 1.807) is 26.2 Å². The fraction of sp³-hybridized carbons (Fsp3) is 0.353. The number of aryl methyl sites for hydroxylation is 1. The second-order valence-electron chi connectivity index (χ2n) is 5.79. The van der Waals surface area contributed by atoms with Crippen LogP contribution in [0.5, 0.6) is 0 Å². The normalized spacial score (nSPS) is 19.1. The van der Waals surface area contributed by atoms with E-state index < -0.39 is 0 Å². The summed E-state index contributed by atoms with van der Waals surface area (Å²) in [5.41, 5.74) is 4.98. The molecule has 0 radical (unpaired) electrons. The van der Waals surface area contributed by atoms with Gasteiger partial charge in [-0.15, -0.1) is 0 Å². The van der Waals surface area contributed by atoms with E-state index in [4.69, 9.17) is 4.84 Å². The summed E-state index contributed by atoms with van der Waals surface area (Å²) in [7, 11) is 1.55. The van der Waals surface area contributed by atoms with Crippen molar-refractivity contribution in [1.82, 2.24) is 10.2 Å². The van der Waals surface area contributed by atoms with Crippen LogP contribution in [-0.2, 0) is 11.3 Å². The molecular weight excluding hydrogens is 281 g/mol. The first kappa shape index (κ1) is 14.6. The molecule has 0 unspecified atom stereocenters. The number of oxime groups is 1. The number of halogens is 1. The van der Waals surface area contributed by atoms with Crippen molar-refractivity contribution in [2.24, 2.45) is 11.1 Å². The maximum Gasteiger partial charge on any atom is 0.126 e. The Labute approximate surface area is 129 Å². The molecule has 1 atom stereocenters. The summed E-state index contributed by atoms with van der Waals surface area (Å²) in [6.45, 7) is 3.90. The van der Waals surface area contributed by atoms with Gasteiger partial charge in [0.15, 0.2) is 0 Å². The van der Waals surface area contributed by atoms with Crippen molar-refractivity contribution in [2.75, 3.05) is 7.11 Å². The quantitative estimate of drug-likeness (QED) is 0.797. The minimum absolute atomic E-state index is 0.217. The summed E-state index contributed by atoms with van der Waals surface area (Å²) in [4.78, 5) is 4.96. The van der Waals surface area contributed by atoms with Gasteiger partial charge in [-0.2, -0.15) is 10.2 Å². The van der Waals surface area contributed by atoms with Gasteiger partial charge in [-0.25, -0.2) is 4.39 Å². The van der Waals surface area contributed by atoms with Crippen molar-refractivity contribution >= 4 is 5.71 Å². The SMILES string of the molecule is CO/N=C1/C[C@H](C)Cc2nnc(-c3ccc(F)c(C)c3)cc21. The molecule has 22 heavy (non-hydrogen) atoms. The average molecular weight is 299 g/mol. The molecule has 4 nitrogen and oxygen atoms in total. The van der Waals surface area contributed by atoms with Gasteiger partial charge in [-0.05, 0) is 55.5 Å². The number of hydrogen-bond acceptors (Lipinski definition) is 4. The van der Waals surface area contributed by atoms with Crippen molar-refractivity contribution < 1.29 is 9.23 Å². The van der Waals surface area contributed by atoms with Gasteiger partial charge in [0.05, 0.1) is 17.1 Å². The Kier molecular flexibility index (Phi) is 3.88. The minimum atomic E-state index is -0.217. The summed E-state index contributed by atoms with van der Waals surface area (Å²) in [5.74, 6) is 0.250. The van der Waals surface area contributed by atoms with Gasteiger partial charge in [-0.3, -0.25) is 0 Å². The van der Waals surface area contributed by atoms with Crippen molar-refractivity contribution in [3.63, 3.8) is 0 Å². The largest absolute Gasteiger partial charge is 0.399 e. The molecule has 5 heteroatoms. The molecule has 114 valence electrons. The van der Waals surface area contributed by atoms with Crippen LogP contribution in [0.4, 0.5) is 4.39 Å². The molecule has 1 heterocycles. The van der Waals surface area contributed by atoms with Crippen molar-refractivity contribution in [3.8, 4) is 11.3 Å². The zero-order valence-corrected chi connectivity index (χ0v) is 12.9. The number of fused-ring (bicyclic) bond motifs is 1. The summed E-state index contributed by atoms with van der Waals surface area (Å²) < 4.78 is 13.4. The van der Waals surface area contributed by atoms with E-state index in [2.05, 4.69) is 22.3 Å². The number of hydrogen-bond donors (Lipinski definition) is 0. The molecular formula is C17H18FN3O. The number of nitrogens with zero attached hydrogens (tertiary/aromatic N) is 3. The van der Waals surface area contributed by atoms with Crippen LogP contribution < -0.4 is 0 Å². The molecule has 0 N–H and O–H groups in total. The number of benzene rings is 1. The Bertz CT molecular complexity index is 743. The Morgan fingerprint density at radius 2 is 2.05 bits per heavy atom. The predicted molar refractivity (Wildman–Crippen MR) is 83.2 cm³/mol. The van der Waals surface area contributed by atoms with E-state index in [0.29, 0.717) is 11.5 Å². The lowest BCUT2D eigenvalue weighted by atomic mass is 9.86. The first-order valence-electron chi connectivity index (χ1n) is 7.32. The highest BCUT2D eigenvalue weighted by Gasteiger charge is 2.24. The van der Waals surface area contributed by atoms with E-state index in [-0.39, 0.29) is 5.82 Å². The standard InChI is InChI=1S/C17H18FN3O/c1-10-6-16-13(17(7-10)21-22-3)9-15(19-20-16)12-4-5-14(18)11(2)8-12/h4-5,8-10H,6-7H2,1-3H3/b21-17-/t10-/m1/s1. The monoisotopic (exact) mass is 299 g/mol. The Balaban J connectivity index is 2.07. The van der Waals surface area contributed by atoms with E-state index in [0.717, 1.165) is 41.1 Å². The summed E-state index contributed by atoms with van der Waals surface area (Å²) in [6.07, 6.45) is 1.74. The topological polar surface area (TPSA) is 47.4 Å². The minimum Gasteiger partial charge on any atom is -0.399 e. The molecule has 1 aromatic heterocycles. The predicted octanol–water partition coefficient (Wildman–Crippen LogP) is 3.52. The lowest BCUT2D eigenvalue weighted by Crippen LogP contribution is -2.21.